The van der Waals surface area contributed by atoms with Gasteiger partial charge in [-0.05, 0) is 19.8 Å². The standard InChI is InChI=1S/C17H29N3O2S/c1-9(2)14(19-13(7)21)17(22)20(8)12(6)15-11(5)18-16(23-15)10(3)4/h9-10,12,14H,1-8H3,(H,19,21)/t12-,14+/m0/s1. The molecule has 0 unspecified atom stereocenters. The van der Waals surface area contributed by atoms with Gasteiger partial charge in [-0.3, -0.25) is 9.59 Å². The van der Waals surface area contributed by atoms with E-state index in [4.69, 9.17) is 0 Å². The second-order valence-corrected chi connectivity index (χ2v) is 7.77. The van der Waals surface area contributed by atoms with Crippen molar-refractivity contribution < 1.29 is 9.59 Å². The maximum Gasteiger partial charge on any atom is 0.245 e. The Labute approximate surface area is 143 Å². The fourth-order valence-corrected chi connectivity index (χ4v) is 3.55. The average molecular weight is 340 g/mol. The molecule has 2 atom stereocenters. The van der Waals surface area contributed by atoms with Gasteiger partial charge < -0.3 is 10.2 Å². The summed E-state index contributed by atoms with van der Waals surface area (Å²) in [4.78, 5) is 31.6. The predicted octanol–water partition coefficient (Wildman–Crippen LogP) is 3.26. The van der Waals surface area contributed by atoms with Gasteiger partial charge in [-0.25, -0.2) is 4.98 Å². The number of amides is 2. The monoisotopic (exact) mass is 339 g/mol. The van der Waals surface area contributed by atoms with Crippen molar-refractivity contribution in [2.24, 2.45) is 5.92 Å². The van der Waals surface area contributed by atoms with Crippen LogP contribution in [0.25, 0.3) is 0 Å². The summed E-state index contributed by atoms with van der Waals surface area (Å²) in [5.74, 6) is 0.161. The molecule has 0 spiro atoms. The third kappa shape index (κ3) is 4.77. The first kappa shape index (κ1) is 19.6. The number of aromatic nitrogens is 1. The summed E-state index contributed by atoms with van der Waals surface area (Å²) in [6.07, 6.45) is 0. The van der Waals surface area contributed by atoms with Gasteiger partial charge in [-0.1, -0.05) is 27.7 Å². The number of thiazole rings is 1. The van der Waals surface area contributed by atoms with Crippen molar-refractivity contribution in [3.63, 3.8) is 0 Å². The SMILES string of the molecule is CC(=O)N[C@@H](C(=O)N(C)[C@@H](C)c1sc(C(C)C)nc1C)C(C)C. The van der Waals surface area contributed by atoms with E-state index in [-0.39, 0.29) is 23.8 Å². The molecule has 5 nitrogen and oxygen atoms in total. The van der Waals surface area contributed by atoms with Crippen LogP contribution in [-0.4, -0.2) is 34.8 Å². The quantitative estimate of drug-likeness (QED) is 0.865. The molecule has 0 radical (unpaired) electrons. The third-order valence-electron chi connectivity index (χ3n) is 3.94. The summed E-state index contributed by atoms with van der Waals surface area (Å²) < 4.78 is 0. The molecule has 0 fully saturated rings. The second-order valence-electron chi connectivity index (χ2n) is 6.70. The molecule has 0 aliphatic rings. The Morgan fingerprint density at radius 2 is 1.74 bits per heavy atom. The Kier molecular flexibility index (Phi) is 6.74. The molecule has 1 N–H and O–H groups in total. The van der Waals surface area contributed by atoms with Crippen molar-refractivity contribution in [3.8, 4) is 0 Å². The maximum atomic E-state index is 12.8. The Bertz CT molecular complexity index is 566. The van der Waals surface area contributed by atoms with Gasteiger partial charge in [0.2, 0.25) is 11.8 Å². The van der Waals surface area contributed by atoms with Gasteiger partial charge in [0.1, 0.15) is 6.04 Å². The zero-order valence-electron chi connectivity index (χ0n) is 15.4. The molecule has 1 aromatic heterocycles. The van der Waals surface area contributed by atoms with Crippen LogP contribution < -0.4 is 5.32 Å². The molecule has 1 rings (SSSR count). The number of rotatable bonds is 6. The Hall–Kier alpha value is -1.43. The highest BCUT2D eigenvalue weighted by molar-refractivity contribution is 7.11. The maximum absolute atomic E-state index is 12.8. The largest absolute Gasteiger partial charge is 0.344 e. The van der Waals surface area contributed by atoms with E-state index < -0.39 is 6.04 Å². The van der Waals surface area contributed by atoms with Crippen LogP contribution in [0.5, 0.6) is 0 Å². The fourth-order valence-electron chi connectivity index (χ4n) is 2.38. The smallest absolute Gasteiger partial charge is 0.245 e. The van der Waals surface area contributed by atoms with Crippen LogP contribution in [0.2, 0.25) is 0 Å². The number of likely N-dealkylation sites (N-methyl/N-ethyl adjacent to an activating group) is 1. The molecule has 0 saturated carbocycles. The first-order valence-electron chi connectivity index (χ1n) is 8.07. The number of hydrogen-bond acceptors (Lipinski definition) is 4. The number of nitrogens with one attached hydrogen (secondary N) is 1. The molecule has 0 bridgehead atoms. The molecular weight excluding hydrogens is 310 g/mol. The number of hydrogen-bond donors (Lipinski definition) is 1. The Morgan fingerprint density at radius 3 is 2.13 bits per heavy atom. The number of carbonyl (C=O) groups is 2. The van der Waals surface area contributed by atoms with Crippen molar-refractivity contribution in [3.05, 3.63) is 15.6 Å². The highest BCUT2D eigenvalue weighted by atomic mass is 32.1. The van der Waals surface area contributed by atoms with E-state index in [1.807, 2.05) is 27.7 Å². The minimum Gasteiger partial charge on any atom is -0.344 e. The fraction of sp³-hybridized carbons (Fsp3) is 0.706. The van der Waals surface area contributed by atoms with Crippen LogP contribution in [0, 0.1) is 12.8 Å². The van der Waals surface area contributed by atoms with Crippen LogP contribution in [0.3, 0.4) is 0 Å². The van der Waals surface area contributed by atoms with E-state index in [9.17, 15) is 9.59 Å². The molecule has 1 heterocycles. The average Bonchev–Trinajstić information content (AvgIpc) is 2.84. The summed E-state index contributed by atoms with van der Waals surface area (Å²) in [7, 11) is 1.79. The molecule has 23 heavy (non-hydrogen) atoms. The van der Waals surface area contributed by atoms with Crippen LogP contribution in [0.1, 0.15) is 69.1 Å². The molecular formula is C17H29N3O2S. The van der Waals surface area contributed by atoms with Crippen LogP contribution in [0.4, 0.5) is 0 Å². The molecule has 0 aromatic carbocycles. The molecule has 6 heteroatoms. The summed E-state index contributed by atoms with van der Waals surface area (Å²) in [6.45, 7) is 13.5. The Balaban J connectivity index is 3.00. The van der Waals surface area contributed by atoms with Gasteiger partial charge in [0.15, 0.2) is 0 Å². The minimum absolute atomic E-state index is 0.0369. The van der Waals surface area contributed by atoms with Crippen LogP contribution >= 0.6 is 11.3 Å². The topological polar surface area (TPSA) is 62.3 Å². The zero-order valence-corrected chi connectivity index (χ0v) is 16.2. The first-order chi connectivity index (χ1) is 10.6. The van der Waals surface area contributed by atoms with E-state index in [1.54, 1.807) is 23.3 Å². The number of aryl methyl sites for hydroxylation is 1. The normalized spacial score (nSPS) is 14.0. The summed E-state index contributed by atoms with van der Waals surface area (Å²) >= 11 is 1.66. The number of carbonyl (C=O) groups excluding carboxylic acids is 2. The summed E-state index contributed by atoms with van der Waals surface area (Å²) in [5, 5.41) is 3.85. The third-order valence-corrected chi connectivity index (χ3v) is 5.57. The van der Waals surface area contributed by atoms with Gasteiger partial charge in [-0.2, -0.15) is 0 Å². The first-order valence-corrected chi connectivity index (χ1v) is 8.88. The highest BCUT2D eigenvalue weighted by Gasteiger charge is 2.30. The van der Waals surface area contributed by atoms with Gasteiger partial charge in [0.25, 0.3) is 0 Å². The molecule has 130 valence electrons. The van der Waals surface area contributed by atoms with Crippen molar-refractivity contribution in [2.75, 3.05) is 7.05 Å². The molecule has 1 aromatic rings. The Morgan fingerprint density at radius 1 is 1.17 bits per heavy atom. The second kappa shape index (κ2) is 7.90. The lowest BCUT2D eigenvalue weighted by Crippen LogP contribution is -2.50. The molecule has 0 aliphatic heterocycles. The molecule has 0 saturated heterocycles. The lowest BCUT2D eigenvalue weighted by atomic mass is 10.0. The van der Waals surface area contributed by atoms with Crippen LogP contribution in [-0.2, 0) is 9.59 Å². The predicted molar refractivity (Wildman–Crippen MR) is 94.6 cm³/mol. The zero-order chi connectivity index (χ0) is 17.9. The van der Waals surface area contributed by atoms with Crippen molar-refractivity contribution >= 4 is 23.2 Å². The van der Waals surface area contributed by atoms with E-state index in [2.05, 4.69) is 24.1 Å². The number of nitrogens with zero attached hydrogens (tertiary/aromatic N) is 2. The van der Waals surface area contributed by atoms with Gasteiger partial charge >= 0.3 is 0 Å². The molecule has 0 aliphatic carbocycles. The molecule has 2 amide bonds. The summed E-state index contributed by atoms with van der Waals surface area (Å²) in [6, 6.07) is -0.569. The van der Waals surface area contributed by atoms with E-state index in [0.717, 1.165) is 15.6 Å². The van der Waals surface area contributed by atoms with Crippen molar-refractivity contribution in [1.82, 2.24) is 15.2 Å². The van der Waals surface area contributed by atoms with Crippen molar-refractivity contribution in [1.29, 1.82) is 0 Å². The van der Waals surface area contributed by atoms with Gasteiger partial charge in [0, 0.05) is 24.8 Å². The lowest BCUT2D eigenvalue weighted by molar-refractivity contribution is -0.137. The van der Waals surface area contributed by atoms with E-state index >= 15 is 0 Å². The van der Waals surface area contributed by atoms with E-state index in [1.165, 1.54) is 6.92 Å². The van der Waals surface area contributed by atoms with Crippen LogP contribution in [0.15, 0.2) is 0 Å². The van der Waals surface area contributed by atoms with Crippen molar-refractivity contribution in [2.45, 2.75) is 66.5 Å². The van der Waals surface area contributed by atoms with Gasteiger partial charge in [0.05, 0.1) is 16.7 Å². The minimum atomic E-state index is -0.502. The van der Waals surface area contributed by atoms with E-state index in [0.29, 0.717) is 5.92 Å². The highest BCUT2D eigenvalue weighted by Crippen LogP contribution is 2.32. The lowest BCUT2D eigenvalue weighted by Gasteiger charge is -2.30. The van der Waals surface area contributed by atoms with Gasteiger partial charge in [-0.15, -0.1) is 11.3 Å². The summed E-state index contributed by atoms with van der Waals surface area (Å²) in [5.41, 5.74) is 0.978.